The fraction of sp³-hybridized carbons (Fsp3) is 0.0714. The van der Waals surface area contributed by atoms with Crippen LogP contribution in [0.2, 0.25) is 15.1 Å². The molecule has 0 unspecified atom stereocenters. The van der Waals surface area contributed by atoms with Crippen LogP contribution in [0.4, 0.5) is 5.69 Å². The number of ether oxygens (including phenoxy) is 1. The number of benzene rings is 2. The molecule has 0 atom stereocenters. The van der Waals surface area contributed by atoms with Crippen LogP contribution in [0.25, 0.3) is 0 Å². The molecule has 0 radical (unpaired) electrons. The molecule has 0 fully saturated rings. The minimum Gasteiger partial charge on any atom is -0.457 e. The molecule has 0 saturated carbocycles. The van der Waals surface area contributed by atoms with Crippen molar-refractivity contribution in [3.8, 4) is 0 Å². The summed E-state index contributed by atoms with van der Waals surface area (Å²) in [5.41, 5.74) is 6.92. The molecular formula is C14H10Cl3NO2. The number of anilines is 1. The highest BCUT2D eigenvalue weighted by Crippen LogP contribution is 2.23. The third-order valence-corrected chi connectivity index (χ3v) is 3.50. The Labute approximate surface area is 131 Å². The van der Waals surface area contributed by atoms with Crippen molar-refractivity contribution in [2.75, 3.05) is 5.73 Å². The molecule has 0 heterocycles. The third kappa shape index (κ3) is 3.57. The average Bonchev–Trinajstić information content (AvgIpc) is 2.40. The smallest absolute Gasteiger partial charge is 0.340 e. The maximum Gasteiger partial charge on any atom is 0.340 e. The molecule has 104 valence electrons. The topological polar surface area (TPSA) is 52.3 Å². The van der Waals surface area contributed by atoms with E-state index in [0.29, 0.717) is 21.3 Å². The monoisotopic (exact) mass is 329 g/mol. The Bertz CT molecular complexity index is 659. The molecule has 2 N–H and O–H groups in total. The van der Waals surface area contributed by atoms with Crippen molar-refractivity contribution in [1.29, 1.82) is 0 Å². The van der Waals surface area contributed by atoms with E-state index in [0.717, 1.165) is 0 Å². The normalized spacial score (nSPS) is 10.3. The van der Waals surface area contributed by atoms with Gasteiger partial charge in [0, 0.05) is 21.3 Å². The fourth-order valence-corrected chi connectivity index (χ4v) is 2.22. The number of esters is 1. The lowest BCUT2D eigenvalue weighted by atomic mass is 10.2. The minimum absolute atomic E-state index is 0.0277. The van der Waals surface area contributed by atoms with Crippen molar-refractivity contribution in [3.63, 3.8) is 0 Å². The number of rotatable bonds is 3. The number of nitrogens with two attached hydrogens (primary N) is 1. The average molecular weight is 331 g/mol. The SMILES string of the molecule is Nc1ccc(Cl)c(C(=O)OCc2ccc(Cl)cc2Cl)c1. The molecule has 0 amide bonds. The number of nitrogen functional groups attached to an aromatic ring is 1. The van der Waals surface area contributed by atoms with Gasteiger partial charge in [-0.3, -0.25) is 0 Å². The molecule has 0 aromatic heterocycles. The van der Waals surface area contributed by atoms with E-state index in [1.807, 2.05) is 0 Å². The highest BCUT2D eigenvalue weighted by Gasteiger charge is 2.13. The first kappa shape index (κ1) is 15.0. The molecule has 20 heavy (non-hydrogen) atoms. The Morgan fingerprint density at radius 1 is 1.05 bits per heavy atom. The summed E-state index contributed by atoms with van der Waals surface area (Å²) in [5, 5.41) is 1.24. The third-order valence-electron chi connectivity index (χ3n) is 2.58. The lowest BCUT2D eigenvalue weighted by Gasteiger charge is -2.08. The largest absolute Gasteiger partial charge is 0.457 e. The van der Waals surface area contributed by atoms with Crippen LogP contribution in [0, 0.1) is 0 Å². The van der Waals surface area contributed by atoms with Crippen LogP contribution in [0.15, 0.2) is 36.4 Å². The molecule has 6 heteroatoms. The highest BCUT2D eigenvalue weighted by atomic mass is 35.5. The van der Waals surface area contributed by atoms with Crippen LogP contribution in [0.1, 0.15) is 15.9 Å². The molecule has 0 aliphatic carbocycles. The second-order valence-electron chi connectivity index (χ2n) is 4.05. The number of hydrogen-bond donors (Lipinski definition) is 1. The predicted octanol–water partition coefficient (Wildman–Crippen LogP) is 4.59. The van der Waals surface area contributed by atoms with Crippen LogP contribution in [0.3, 0.4) is 0 Å². The maximum absolute atomic E-state index is 11.9. The zero-order chi connectivity index (χ0) is 14.7. The Hall–Kier alpha value is -1.42. The molecule has 2 aromatic rings. The summed E-state index contributed by atoms with van der Waals surface area (Å²) < 4.78 is 5.16. The van der Waals surface area contributed by atoms with E-state index in [2.05, 4.69) is 0 Å². The number of carbonyl (C=O) groups is 1. The van der Waals surface area contributed by atoms with E-state index in [1.165, 1.54) is 6.07 Å². The zero-order valence-corrected chi connectivity index (χ0v) is 12.5. The van der Waals surface area contributed by atoms with E-state index >= 15 is 0 Å². The van der Waals surface area contributed by atoms with Gasteiger partial charge in [0.25, 0.3) is 0 Å². The lowest BCUT2D eigenvalue weighted by molar-refractivity contribution is 0.0473. The van der Waals surface area contributed by atoms with Gasteiger partial charge in [0.1, 0.15) is 6.61 Å². The highest BCUT2D eigenvalue weighted by molar-refractivity contribution is 6.35. The fourth-order valence-electron chi connectivity index (χ4n) is 1.56. The van der Waals surface area contributed by atoms with Crippen molar-refractivity contribution in [1.82, 2.24) is 0 Å². The van der Waals surface area contributed by atoms with Crippen molar-refractivity contribution in [3.05, 3.63) is 62.6 Å². The molecule has 0 spiro atoms. The molecule has 3 nitrogen and oxygen atoms in total. The van der Waals surface area contributed by atoms with Gasteiger partial charge in [-0.2, -0.15) is 0 Å². The quantitative estimate of drug-likeness (QED) is 0.661. The van der Waals surface area contributed by atoms with E-state index in [4.69, 9.17) is 45.3 Å². The van der Waals surface area contributed by atoms with E-state index in [1.54, 1.807) is 30.3 Å². The van der Waals surface area contributed by atoms with Crippen molar-refractivity contribution in [2.24, 2.45) is 0 Å². The summed E-state index contributed by atoms with van der Waals surface area (Å²) in [5.74, 6) is -0.562. The van der Waals surface area contributed by atoms with E-state index < -0.39 is 5.97 Å². The van der Waals surface area contributed by atoms with Crippen LogP contribution in [0.5, 0.6) is 0 Å². The number of hydrogen-bond acceptors (Lipinski definition) is 3. The van der Waals surface area contributed by atoms with Gasteiger partial charge in [-0.15, -0.1) is 0 Å². The van der Waals surface area contributed by atoms with Gasteiger partial charge in [-0.1, -0.05) is 40.9 Å². The molecule has 2 rings (SSSR count). The summed E-state index contributed by atoms with van der Waals surface area (Å²) >= 11 is 17.7. The van der Waals surface area contributed by atoms with Gasteiger partial charge in [0.05, 0.1) is 10.6 Å². The van der Waals surface area contributed by atoms with Crippen LogP contribution in [-0.2, 0) is 11.3 Å². The molecular weight excluding hydrogens is 321 g/mol. The first-order chi connectivity index (χ1) is 9.47. The Morgan fingerprint density at radius 3 is 2.50 bits per heavy atom. The molecule has 0 aliphatic heterocycles. The molecule has 0 saturated heterocycles. The second-order valence-corrected chi connectivity index (χ2v) is 5.30. The predicted molar refractivity (Wildman–Crippen MR) is 81.4 cm³/mol. The van der Waals surface area contributed by atoms with Crippen molar-refractivity contribution >= 4 is 46.5 Å². The van der Waals surface area contributed by atoms with Crippen LogP contribution < -0.4 is 5.73 Å². The Kier molecular flexibility index (Phi) is 4.76. The number of carbonyl (C=O) groups excluding carboxylic acids is 1. The standard InChI is InChI=1S/C14H10Cl3NO2/c15-9-2-1-8(13(17)5-9)7-20-14(19)11-6-10(18)3-4-12(11)16/h1-6H,7,18H2. The van der Waals surface area contributed by atoms with Crippen LogP contribution >= 0.6 is 34.8 Å². The second kappa shape index (κ2) is 6.35. The number of halogens is 3. The Balaban J connectivity index is 2.10. The van der Waals surface area contributed by atoms with Gasteiger partial charge >= 0.3 is 5.97 Å². The lowest BCUT2D eigenvalue weighted by Crippen LogP contribution is -2.07. The van der Waals surface area contributed by atoms with Gasteiger partial charge < -0.3 is 10.5 Å². The van der Waals surface area contributed by atoms with Crippen LogP contribution in [-0.4, -0.2) is 5.97 Å². The summed E-state index contributed by atoms with van der Waals surface area (Å²) in [6.07, 6.45) is 0. The Morgan fingerprint density at radius 2 is 1.80 bits per heavy atom. The first-order valence-corrected chi connectivity index (χ1v) is 6.77. The zero-order valence-electron chi connectivity index (χ0n) is 10.2. The van der Waals surface area contributed by atoms with Crippen molar-refractivity contribution < 1.29 is 9.53 Å². The van der Waals surface area contributed by atoms with Gasteiger partial charge in [-0.05, 0) is 30.3 Å². The summed E-state index contributed by atoms with van der Waals surface area (Å²) in [6.45, 7) is 0.0277. The minimum atomic E-state index is -0.562. The van der Waals surface area contributed by atoms with Gasteiger partial charge in [-0.25, -0.2) is 4.79 Å². The van der Waals surface area contributed by atoms with Gasteiger partial charge in [0.2, 0.25) is 0 Å². The summed E-state index contributed by atoms with van der Waals surface area (Å²) in [7, 11) is 0. The molecule has 0 aliphatic rings. The maximum atomic E-state index is 11.9. The molecule has 2 aromatic carbocycles. The van der Waals surface area contributed by atoms with E-state index in [-0.39, 0.29) is 17.2 Å². The summed E-state index contributed by atoms with van der Waals surface area (Å²) in [4.78, 5) is 11.9. The van der Waals surface area contributed by atoms with Gasteiger partial charge in [0.15, 0.2) is 0 Å². The van der Waals surface area contributed by atoms with E-state index in [9.17, 15) is 4.79 Å². The molecule has 0 bridgehead atoms. The summed E-state index contributed by atoms with van der Waals surface area (Å²) in [6, 6.07) is 9.56. The van der Waals surface area contributed by atoms with Crippen molar-refractivity contribution in [2.45, 2.75) is 6.61 Å². The first-order valence-electron chi connectivity index (χ1n) is 5.63.